The van der Waals surface area contributed by atoms with Gasteiger partial charge in [-0.05, 0) is 37.8 Å². The first-order chi connectivity index (χ1) is 10.6. The van der Waals surface area contributed by atoms with Crippen LogP contribution in [-0.2, 0) is 6.42 Å². The number of hydrogen-bond acceptors (Lipinski definition) is 1. The molecule has 0 bridgehead atoms. The van der Waals surface area contributed by atoms with Crippen LogP contribution in [-0.4, -0.2) is 37.5 Å². The van der Waals surface area contributed by atoms with Gasteiger partial charge >= 0.3 is 0 Å². The first kappa shape index (κ1) is 18.1. The second-order valence-corrected chi connectivity index (χ2v) is 5.05. The molecule has 0 aliphatic heterocycles. The van der Waals surface area contributed by atoms with Crippen LogP contribution in [0.4, 0.5) is 8.78 Å². The molecule has 5 heteroatoms. The van der Waals surface area contributed by atoms with Crippen molar-refractivity contribution in [2.45, 2.75) is 26.2 Å². The lowest BCUT2D eigenvalue weighted by atomic mass is 10.1. The van der Waals surface area contributed by atoms with Gasteiger partial charge in [0.25, 0.3) is 0 Å². The summed E-state index contributed by atoms with van der Waals surface area (Å²) >= 11 is 0. The van der Waals surface area contributed by atoms with E-state index in [1.165, 1.54) is 6.07 Å². The average Bonchev–Trinajstić information content (AvgIpc) is 2.50. The second-order valence-electron chi connectivity index (χ2n) is 5.05. The molecule has 0 aliphatic carbocycles. The van der Waals surface area contributed by atoms with Crippen LogP contribution in [0.15, 0.2) is 35.8 Å². The second kappa shape index (κ2) is 9.92. The molecule has 0 atom stereocenters. The predicted octanol–water partition coefficient (Wildman–Crippen LogP) is 3.37. The molecule has 22 heavy (non-hydrogen) atoms. The van der Waals surface area contributed by atoms with E-state index in [-0.39, 0.29) is 0 Å². The molecule has 3 nitrogen and oxygen atoms in total. The average molecular weight is 309 g/mol. The van der Waals surface area contributed by atoms with Gasteiger partial charge in [-0.25, -0.2) is 8.78 Å². The van der Waals surface area contributed by atoms with E-state index in [4.69, 9.17) is 0 Å². The van der Waals surface area contributed by atoms with Crippen molar-refractivity contribution in [3.63, 3.8) is 0 Å². The summed E-state index contributed by atoms with van der Waals surface area (Å²) in [5.41, 5.74) is 0.355. The smallest absolute Gasteiger partial charge is 0.193 e. The summed E-state index contributed by atoms with van der Waals surface area (Å²) in [7, 11) is 1.97. The third kappa shape index (κ3) is 5.84. The fourth-order valence-electron chi connectivity index (χ4n) is 2.07. The van der Waals surface area contributed by atoms with E-state index >= 15 is 0 Å². The minimum Gasteiger partial charge on any atom is -0.357 e. The highest BCUT2D eigenvalue weighted by molar-refractivity contribution is 5.79. The molecule has 0 fully saturated rings. The monoisotopic (exact) mass is 309 g/mol. The van der Waals surface area contributed by atoms with Crippen molar-refractivity contribution in [3.05, 3.63) is 48.1 Å². The molecule has 0 unspecified atom stereocenters. The van der Waals surface area contributed by atoms with E-state index in [0.29, 0.717) is 18.5 Å². The number of aliphatic imine (C=N–C) groups is 1. The van der Waals surface area contributed by atoms with E-state index < -0.39 is 11.6 Å². The van der Waals surface area contributed by atoms with Gasteiger partial charge in [0.2, 0.25) is 0 Å². The number of halogens is 2. The molecule has 0 saturated carbocycles. The standard InChI is InChI=1S/C17H25F2N3/c1-4-6-7-13-22(3)17(20-5-2)21-12-11-14-9-8-10-15(18)16(14)19/h4,8-10H,1,5-7,11-13H2,2-3H3,(H,20,21). The zero-order chi connectivity index (χ0) is 16.4. The molecule has 1 N–H and O–H groups in total. The fraction of sp³-hybridized carbons (Fsp3) is 0.471. The Balaban J connectivity index is 2.61. The van der Waals surface area contributed by atoms with Gasteiger partial charge in [0.05, 0.1) is 0 Å². The molecule has 1 aromatic rings. The van der Waals surface area contributed by atoms with Crippen molar-refractivity contribution in [1.82, 2.24) is 10.2 Å². The molecule has 0 aromatic heterocycles. The Morgan fingerprint density at radius 3 is 2.86 bits per heavy atom. The first-order valence-corrected chi connectivity index (χ1v) is 7.63. The number of nitrogens with zero attached hydrogens (tertiary/aromatic N) is 2. The number of unbranched alkanes of at least 4 members (excludes halogenated alkanes) is 1. The van der Waals surface area contributed by atoms with Crippen LogP contribution in [0.1, 0.15) is 25.3 Å². The van der Waals surface area contributed by atoms with E-state index in [0.717, 1.165) is 38.0 Å². The highest BCUT2D eigenvalue weighted by Crippen LogP contribution is 2.11. The third-order valence-electron chi connectivity index (χ3n) is 3.27. The quantitative estimate of drug-likeness (QED) is 0.345. The molecular formula is C17H25F2N3. The van der Waals surface area contributed by atoms with Crippen molar-refractivity contribution in [2.24, 2.45) is 4.99 Å². The fourth-order valence-corrected chi connectivity index (χ4v) is 2.07. The zero-order valence-electron chi connectivity index (χ0n) is 13.4. The summed E-state index contributed by atoms with van der Waals surface area (Å²) in [5, 5.41) is 3.20. The number of benzene rings is 1. The van der Waals surface area contributed by atoms with E-state index in [9.17, 15) is 8.78 Å². The summed E-state index contributed by atoms with van der Waals surface area (Å²) in [6, 6.07) is 4.23. The Morgan fingerprint density at radius 1 is 1.41 bits per heavy atom. The van der Waals surface area contributed by atoms with Crippen LogP contribution in [0, 0.1) is 11.6 Å². The largest absolute Gasteiger partial charge is 0.357 e. The lowest BCUT2D eigenvalue weighted by molar-refractivity contribution is 0.469. The Hall–Kier alpha value is -1.91. The summed E-state index contributed by atoms with van der Waals surface area (Å²) in [6.45, 7) is 7.75. The highest BCUT2D eigenvalue weighted by atomic mass is 19.2. The van der Waals surface area contributed by atoms with Crippen molar-refractivity contribution < 1.29 is 8.78 Å². The van der Waals surface area contributed by atoms with Gasteiger partial charge in [-0.2, -0.15) is 0 Å². The Labute approximate surface area is 131 Å². The highest BCUT2D eigenvalue weighted by Gasteiger charge is 2.08. The van der Waals surface area contributed by atoms with Crippen LogP contribution in [0.5, 0.6) is 0 Å². The summed E-state index contributed by atoms with van der Waals surface area (Å²) in [5.74, 6) is -0.805. The summed E-state index contributed by atoms with van der Waals surface area (Å²) < 4.78 is 26.7. The van der Waals surface area contributed by atoms with Gasteiger partial charge in [-0.3, -0.25) is 4.99 Å². The minimum absolute atomic E-state index is 0.355. The maximum absolute atomic E-state index is 13.6. The molecular weight excluding hydrogens is 284 g/mol. The van der Waals surface area contributed by atoms with Crippen molar-refractivity contribution >= 4 is 5.96 Å². The molecule has 0 amide bonds. The Morgan fingerprint density at radius 2 is 2.18 bits per heavy atom. The predicted molar refractivity (Wildman–Crippen MR) is 88.1 cm³/mol. The zero-order valence-corrected chi connectivity index (χ0v) is 13.4. The lowest BCUT2D eigenvalue weighted by Crippen LogP contribution is -2.39. The lowest BCUT2D eigenvalue weighted by Gasteiger charge is -2.21. The molecule has 0 heterocycles. The van der Waals surface area contributed by atoms with Crippen LogP contribution in [0.25, 0.3) is 0 Å². The topological polar surface area (TPSA) is 27.6 Å². The minimum atomic E-state index is -0.810. The first-order valence-electron chi connectivity index (χ1n) is 7.63. The van der Waals surface area contributed by atoms with Gasteiger partial charge in [0.15, 0.2) is 17.6 Å². The SMILES string of the molecule is C=CCCCN(C)C(=NCCc1cccc(F)c1F)NCC. The van der Waals surface area contributed by atoms with Crippen molar-refractivity contribution in [2.75, 3.05) is 26.7 Å². The van der Waals surface area contributed by atoms with E-state index in [2.05, 4.69) is 16.9 Å². The van der Waals surface area contributed by atoms with E-state index in [1.54, 1.807) is 6.07 Å². The number of rotatable bonds is 8. The van der Waals surface area contributed by atoms with Gasteiger partial charge in [-0.1, -0.05) is 18.2 Å². The molecule has 0 spiro atoms. The maximum atomic E-state index is 13.6. The molecule has 1 aromatic carbocycles. The summed E-state index contributed by atoms with van der Waals surface area (Å²) in [6.07, 6.45) is 4.23. The number of allylic oxidation sites excluding steroid dienone is 1. The van der Waals surface area contributed by atoms with Crippen molar-refractivity contribution in [3.8, 4) is 0 Å². The van der Waals surface area contributed by atoms with Crippen molar-refractivity contribution in [1.29, 1.82) is 0 Å². The van der Waals surface area contributed by atoms with Crippen LogP contribution < -0.4 is 5.32 Å². The van der Waals surface area contributed by atoms with Crippen LogP contribution >= 0.6 is 0 Å². The van der Waals surface area contributed by atoms with E-state index in [1.807, 2.05) is 24.9 Å². The molecule has 0 saturated heterocycles. The third-order valence-corrected chi connectivity index (χ3v) is 3.27. The Bertz CT molecular complexity index is 501. The van der Waals surface area contributed by atoms with Gasteiger partial charge in [0.1, 0.15) is 0 Å². The van der Waals surface area contributed by atoms with Gasteiger partial charge in [0, 0.05) is 26.7 Å². The maximum Gasteiger partial charge on any atom is 0.193 e. The van der Waals surface area contributed by atoms with Crippen LogP contribution in [0.3, 0.4) is 0 Å². The molecule has 0 radical (unpaired) electrons. The van der Waals surface area contributed by atoms with Gasteiger partial charge < -0.3 is 10.2 Å². The summed E-state index contributed by atoms with van der Waals surface area (Å²) in [4.78, 5) is 6.51. The Kier molecular flexibility index (Phi) is 8.18. The number of hydrogen-bond donors (Lipinski definition) is 1. The molecule has 122 valence electrons. The van der Waals surface area contributed by atoms with Crippen LogP contribution in [0.2, 0.25) is 0 Å². The molecule has 1 rings (SSSR count). The normalized spacial score (nSPS) is 11.4. The van der Waals surface area contributed by atoms with Gasteiger partial charge in [-0.15, -0.1) is 6.58 Å². The number of nitrogens with one attached hydrogen (secondary N) is 1. The molecule has 0 aliphatic rings. The number of guanidine groups is 1.